The number of benzene rings is 1. The second-order valence-corrected chi connectivity index (χ2v) is 2.98. The molecule has 0 spiro atoms. The number of nitrogens with one attached hydrogen (secondary N) is 1. The van der Waals surface area contributed by atoms with E-state index in [9.17, 15) is 4.79 Å². The number of anilines is 1. The summed E-state index contributed by atoms with van der Waals surface area (Å²) in [5.41, 5.74) is 1.20. The number of alkyl halides is 1. The summed E-state index contributed by atoms with van der Waals surface area (Å²) in [6.45, 7) is 0. The maximum atomic E-state index is 11.1. The van der Waals surface area contributed by atoms with Gasteiger partial charge in [0.15, 0.2) is 0 Å². The van der Waals surface area contributed by atoms with Crippen LogP contribution >= 0.6 is 11.6 Å². The zero-order valence-corrected chi connectivity index (χ0v) is 9.03. The van der Waals surface area contributed by atoms with Crippen molar-refractivity contribution >= 4 is 29.4 Å². The van der Waals surface area contributed by atoms with Crippen molar-refractivity contribution in [2.45, 2.75) is 0 Å². The second-order valence-electron chi connectivity index (χ2n) is 2.71. The maximum Gasteiger partial charge on any atom is 0.270 e. The third kappa shape index (κ3) is 3.64. The molecule has 0 saturated carbocycles. The Labute approximate surface area is 97.9 Å². The number of carbonyl (C=O) groups excluding carboxylic acids is 1. The Morgan fingerprint density at radius 2 is 2.31 bits per heavy atom. The Morgan fingerprint density at radius 3 is 3.00 bits per heavy atom. The SMILES string of the molecule is O=C(C=NO)Nc1ccccc1C#CCCl. The summed E-state index contributed by atoms with van der Waals surface area (Å²) < 4.78 is 0. The van der Waals surface area contributed by atoms with Crippen molar-refractivity contribution in [2.24, 2.45) is 5.16 Å². The fourth-order valence-corrected chi connectivity index (χ4v) is 1.11. The average molecular weight is 237 g/mol. The van der Waals surface area contributed by atoms with E-state index in [2.05, 4.69) is 22.3 Å². The predicted molar refractivity (Wildman–Crippen MR) is 62.9 cm³/mol. The van der Waals surface area contributed by atoms with Crippen molar-refractivity contribution in [3.05, 3.63) is 29.8 Å². The van der Waals surface area contributed by atoms with Crippen LogP contribution in [0.4, 0.5) is 5.69 Å². The maximum absolute atomic E-state index is 11.1. The number of halogens is 1. The molecule has 0 fully saturated rings. The van der Waals surface area contributed by atoms with Gasteiger partial charge in [-0.15, -0.1) is 11.6 Å². The summed E-state index contributed by atoms with van der Waals surface area (Å²) in [4.78, 5) is 11.1. The number of carbonyl (C=O) groups is 1. The van der Waals surface area contributed by atoms with Crippen molar-refractivity contribution in [1.29, 1.82) is 0 Å². The zero-order chi connectivity index (χ0) is 11.8. The van der Waals surface area contributed by atoms with Gasteiger partial charge in [-0.1, -0.05) is 29.1 Å². The van der Waals surface area contributed by atoms with Crippen LogP contribution < -0.4 is 5.32 Å². The Balaban J connectivity index is 2.91. The molecule has 0 aromatic heterocycles. The van der Waals surface area contributed by atoms with E-state index in [1.165, 1.54) is 0 Å². The molecule has 0 radical (unpaired) electrons. The molecule has 0 atom stereocenters. The summed E-state index contributed by atoms with van der Waals surface area (Å²) >= 11 is 5.44. The van der Waals surface area contributed by atoms with Crippen molar-refractivity contribution in [3.8, 4) is 11.8 Å². The molecule has 0 saturated heterocycles. The number of nitrogens with zero attached hydrogens (tertiary/aromatic N) is 1. The fourth-order valence-electron chi connectivity index (χ4n) is 1.05. The van der Waals surface area contributed by atoms with Gasteiger partial charge in [-0.05, 0) is 12.1 Å². The summed E-state index contributed by atoms with van der Waals surface area (Å²) in [5.74, 6) is 5.20. The minimum absolute atomic E-state index is 0.223. The van der Waals surface area contributed by atoms with Crippen LogP contribution in [0, 0.1) is 11.8 Å². The standard InChI is InChI=1S/C11H9ClN2O2/c12-7-3-5-9-4-1-2-6-10(9)14-11(15)8-13-16/h1-2,4,6,8,16H,7H2,(H,14,15). The lowest BCUT2D eigenvalue weighted by Crippen LogP contribution is -2.13. The van der Waals surface area contributed by atoms with E-state index in [4.69, 9.17) is 16.8 Å². The number of hydrogen-bond acceptors (Lipinski definition) is 3. The Kier molecular flexibility index (Phi) is 4.90. The third-order valence-electron chi connectivity index (χ3n) is 1.65. The predicted octanol–water partition coefficient (Wildman–Crippen LogP) is 1.68. The monoisotopic (exact) mass is 236 g/mol. The van der Waals surface area contributed by atoms with Crippen LogP contribution in [0.15, 0.2) is 29.4 Å². The third-order valence-corrected chi connectivity index (χ3v) is 1.78. The first kappa shape index (κ1) is 12.1. The van der Waals surface area contributed by atoms with Crippen LogP contribution in [0.1, 0.15) is 5.56 Å². The highest BCUT2D eigenvalue weighted by Crippen LogP contribution is 2.13. The summed E-state index contributed by atoms with van der Waals surface area (Å²) in [6.07, 6.45) is 0.770. The molecule has 16 heavy (non-hydrogen) atoms. The first-order chi connectivity index (χ1) is 7.77. The van der Waals surface area contributed by atoms with Crippen LogP contribution in [0.2, 0.25) is 0 Å². The topological polar surface area (TPSA) is 61.7 Å². The zero-order valence-electron chi connectivity index (χ0n) is 8.27. The Morgan fingerprint density at radius 1 is 1.56 bits per heavy atom. The molecule has 0 heterocycles. The molecule has 1 rings (SSSR count). The number of para-hydroxylation sites is 1. The molecule has 0 aliphatic carbocycles. The van der Waals surface area contributed by atoms with Gasteiger partial charge in [0.2, 0.25) is 0 Å². The Hall–Kier alpha value is -1.99. The molecular formula is C11H9ClN2O2. The van der Waals surface area contributed by atoms with Gasteiger partial charge in [-0.3, -0.25) is 4.79 Å². The van der Waals surface area contributed by atoms with Gasteiger partial charge in [0, 0.05) is 5.56 Å². The van der Waals surface area contributed by atoms with Crippen molar-refractivity contribution in [3.63, 3.8) is 0 Å². The summed E-state index contributed by atoms with van der Waals surface area (Å²) in [5, 5.41) is 13.3. The van der Waals surface area contributed by atoms with E-state index < -0.39 is 5.91 Å². The van der Waals surface area contributed by atoms with Gasteiger partial charge in [-0.2, -0.15) is 0 Å². The van der Waals surface area contributed by atoms with E-state index in [0.29, 0.717) is 11.3 Å². The van der Waals surface area contributed by atoms with E-state index in [0.717, 1.165) is 6.21 Å². The van der Waals surface area contributed by atoms with Crippen LogP contribution in [-0.2, 0) is 4.79 Å². The molecule has 82 valence electrons. The van der Waals surface area contributed by atoms with Crippen LogP contribution in [0.25, 0.3) is 0 Å². The average Bonchev–Trinajstić information content (AvgIpc) is 2.28. The van der Waals surface area contributed by atoms with E-state index in [1.54, 1.807) is 24.3 Å². The number of rotatable bonds is 2. The largest absolute Gasteiger partial charge is 0.411 e. The Bertz CT molecular complexity index is 461. The highest BCUT2D eigenvalue weighted by Gasteiger charge is 2.02. The first-order valence-corrected chi connectivity index (χ1v) is 4.93. The van der Waals surface area contributed by atoms with Crippen LogP contribution in [0.5, 0.6) is 0 Å². The first-order valence-electron chi connectivity index (χ1n) is 4.40. The van der Waals surface area contributed by atoms with Gasteiger partial charge >= 0.3 is 0 Å². The molecule has 2 N–H and O–H groups in total. The smallest absolute Gasteiger partial charge is 0.270 e. The number of oxime groups is 1. The summed E-state index contributed by atoms with van der Waals surface area (Å²) in [6, 6.07) is 7.01. The molecule has 4 nitrogen and oxygen atoms in total. The van der Waals surface area contributed by atoms with Crippen LogP contribution in [0.3, 0.4) is 0 Å². The van der Waals surface area contributed by atoms with Crippen molar-refractivity contribution in [1.82, 2.24) is 0 Å². The minimum Gasteiger partial charge on any atom is -0.411 e. The fraction of sp³-hybridized carbons (Fsp3) is 0.0909. The van der Waals surface area contributed by atoms with Gasteiger partial charge in [-0.25, -0.2) is 0 Å². The minimum atomic E-state index is -0.525. The van der Waals surface area contributed by atoms with E-state index in [-0.39, 0.29) is 5.88 Å². The molecule has 1 aromatic rings. The highest BCUT2D eigenvalue weighted by atomic mass is 35.5. The normalized spacial score (nSPS) is 9.56. The lowest BCUT2D eigenvalue weighted by molar-refractivity contribution is -0.110. The molecule has 0 bridgehead atoms. The van der Waals surface area contributed by atoms with E-state index >= 15 is 0 Å². The van der Waals surface area contributed by atoms with Gasteiger partial charge < -0.3 is 10.5 Å². The van der Waals surface area contributed by atoms with Crippen molar-refractivity contribution < 1.29 is 10.0 Å². The van der Waals surface area contributed by atoms with Crippen molar-refractivity contribution in [2.75, 3.05) is 11.2 Å². The lowest BCUT2D eigenvalue weighted by atomic mass is 10.2. The lowest BCUT2D eigenvalue weighted by Gasteiger charge is -2.03. The molecule has 0 aliphatic heterocycles. The quantitative estimate of drug-likeness (QED) is 0.270. The second kappa shape index (κ2) is 6.49. The molecule has 0 unspecified atom stereocenters. The van der Waals surface area contributed by atoms with Gasteiger partial charge in [0.05, 0.1) is 11.6 Å². The van der Waals surface area contributed by atoms with Crippen LogP contribution in [-0.4, -0.2) is 23.2 Å². The highest BCUT2D eigenvalue weighted by molar-refractivity contribution is 6.31. The van der Waals surface area contributed by atoms with Gasteiger partial charge in [0.1, 0.15) is 6.21 Å². The number of amides is 1. The molecule has 0 aliphatic rings. The van der Waals surface area contributed by atoms with Gasteiger partial charge in [0.25, 0.3) is 5.91 Å². The van der Waals surface area contributed by atoms with E-state index in [1.807, 2.05) is 0 Å². The molecule has 5 heteroatoms. The molecule has 1 amide bonds. The molecule has 1 aromatic carbocycles. The number of hydrogen-bond donors (Lipinski definition) is 2. The molecular weight excluding hydrogens is 228 g/mol. The summed E-state index contributed by atoms with van der Waals surface area (Å²) in [7, 11) is 0.